The Hall–Kier alpha value is -1.06. The molecule has 0 bridgehead atoms. The van der Waals surface area contributed by atoms with Crippen molar-refractivity contribution < 1.29 is 4.74 Å². The molecule has 1 aromatic carbocycles. The summed E-state index contributed by atoms with van der Waals surface area (Å²) < 4.78 is 5.96. The van der Waals surface area contributed by atoms with Gasteiger partial charge in [0.2, 0.25) is 0 Å². The van der Waals surface area contributed by atoms with Gasteiger partial charge in [0.15, 0.2) is 0 Å². The van der Waals surface area contributed by atoms with Gasteiger partial charge in [-0.15, -0.1) is 0 Å². The number of nitrogens with one attached hydrogen (secondary N) is 1. The van der Waals surface area contributed by atoms with Crippen molar-refractivity contribution in [3.63, 3.8) is 0 Å². The summed E-state index contributed by atoms with van der Waals surface area (Å²) in [6.07, 6.45) is 6.64. The molecule has 0 aliphatic carbocycles. The van der Waals surface area contributed by atoms with Gasteiger partial charge in [0, 0.05) is 6.54 Å². The molecule has 0 aromatic heterocycles. The Kier molecular flexibility index (Phi) is 6.14. The van der Waals surface area contributed by atoms with E-state index < -0.39 is 0 Å². The van der Waals surface area contributed by atoms with E-state index in [0.717, 1.165) is 24.2 Å². The summed E-state index contributed by atoms with van der Waals surface area (Å²) in [5.41, 5.74) is 0. The Labute approximate surface area is 135 Å². The normalized spacial score (nSPS) is 21.8. The molecular formula is C19H30N2O. The van der Waals surface area contributed by atoms with E-state index in [1.807, 2.05) is 18.2 Å². The van der Waals surface area contributed by atoms with E-state index in [4.69, 9.17) is 4.74 Å². The van der Waals surface area contributed by atoms with Gasteiger partial charge >= 0.3 is 0 Å². The Balaban J connectivity index is 1.50. The number of piperidine rings is 1. The highest BCUT2D eigenvalue weighted by molar-refractivity contribution is 5.20. The minimum Gasteiger partial charge on any atom is -0.494 e. The van der Waals surface area contributed by atoms with Crippen LogP contribution in [0.4, 0.5) is 0 Å². The average Bonchev–Trinajstić information content (AvgIpc) is 3.09. The predicted molar refractivity (Wildman–Crippen MR) is 91.3 cm³/mol. The first-order valence-corrected chi connectivity index (χ1v) is 9.03. The lowest BCUT2D eigenvalue weighted by molar-refractivity contribution is 0.156. The maximum Gasteiger partial charge on any atom is 0.119 e. The summed E-state index contributed by atoms with van der Waals surface area (Å²) >= 11 is 0. The monoisotopic (exact) mass is 302 g/mol. The zero-order chi connectivity index (χ0) is 15.0. The van der Waals surface area contributed by atoms with E-state index in [9.17, 15) is 0 Å². The Morgan fingerprint density at radius 2 is 1.82 bits per heavy atom. The molecule has 0 radical (unpaired) electrons. The van der Waals surface area contributed by atoms with Crippen molar-refractivity contribution in [2.75, 3.05) is 39.3 Å². The van der Waals surface area contributed by atoms with E-state index in [1.54, 1.807) is 0 Å². The molecular weight excluding hydrogens is 272 g/mol. The third-order valence-corrected chi connectivity index (χ3v) is 5.24. The highest BCUT2D eigenvalue weighted by Gasteiger charge is 2.26. The number of benzene rings is 1. The number of nitrogens with zero attached hydrogens (tertiary/aromatic N) is 1. The topological polar surface area (TPSA) is 24.5 Å². The van der Waals surface area contributed by atoms with E-state index in [0.29, 0.717) is 0 Å². The second kappa shape index (κ2) is 8.54. The molecule has 0 amide bonds. The first-order valence-electron chi connectivity index (χ1n) is 9.03. The minimum atomic E-state index is 0.795. The summed E-state index contributed by atoms with van der Waals surface area (Å²) in [6.45, 7) is 7.14. The average molecular weight is 302 g/mol. The summed E-state index contributed by atoms with van der Waals surface area (Å²) in [5, 5.41) is 3.50. The summed E-state index contributed by atoms with van der Waals surface area (Å²) in [6, 6.07) is 10.2. The van der Waals surface area contributed by atoms with Gasteiger partial charge in [-0.3, -0.25) is 0 Å². The van der Waals surface area contributed by atoms with Crippen molar-refractivity contribution in [2.24, 2.45) is 11.8 Å². The van der Waals surface area contributed by atoms with Crippen LogP contribution in [0, 0.1) is 11.8 Å². The fourth-order valence-corrected chi connectivity index (χ4v) is 3.93. The highest BCUT2D eigenvalue weighted by Crippen LogP contribution is 2.27. The molecule has 22 heavy (non-hydrogen) atoms. The van der Waals surface area contributed by atoms with Crippen LogP contribution in [0.15, 0.2) is 30.3 Å². The number of likely N-dealkylation sites (tertiary alicyclic amines) is 1. The van der Waals surface area contributed by atoms with E-state index >= 15 is 0 Å². The molecule has 1 aromatic rings. The maximum absolute atomic E-state index is 5.96. The van der Waals surface area contributed by atoms with Gasteiger partial charge in [-0.1, -0.05) is 18.2 Å². The lowest BCUT2D eigenvalue weighted by Gasteiger charge is -2.33. The van der Waals surface area contributed by atoms with Gasteiger partial charge in [0.05, 0.1) is 6.61 Å². The van der Waals surface area contributed by atoms with E-state index in [2.05, 4.69) is 22.3 Å². The van der Waals surface area contributed by atoms with Crippen LogP contribution in [0.1, 0.15) is 32.1 Å². The first-order chi connectivity index (χ1) is 10.9. The molecule has 3 rings (SSSR count). The lowest BCUT2D eigenvalue weighted by atomic mass is 9.82. The summed E-state index contributed by atoms with van der Waals surface area (Å²) in [4.78, 5) is 2.68. The zero-order valence-corrected chi connectivity index (χ0v) is 13.7. The predicted octanol–water partition coefficient (Wildman–Crippen LogP) is 3.17. The zero-order valence-electron chi connectivity index (χ0n) is 13.7. The van der Waals surface area contributed by atoms with Crippen LogP contribution in [0.25, 0.3) is 0 Å². The van der Waals surface area contributed by atoms with Gasteiger partial charge < -0.3 is 15.0 Å². The number of rotatable bonds is 7. The molecule has 1 unspecified atom stereocenters. The number of para-hydroxylation sites is 1. The number of ether oxygens (including phenoxy) is 1. The van der Waals surface area contributed by atoms with Crippen molar-refractivity contribution in [1.29, 1.82) is 0 Å². The largest absolute Gasteiger partial charge is 0.494 e. The molecule has 2 fully saturated rings. The molecule has 1 atom stereocenters. The van der Waals surface area contributed by atoms with Gasteiger partial charge in [-0.25, -0.2) is 0 Å². The summed E-state index contributed by atoms with van der Waals surface area (Å²) in [5.74, 6) is 2.68. The Morgan fingerprint density at radius 3 is 2.55 bits per heavy atom. The van der Waals surface area contributed by atoms with Gasteiger partial charge in [-0.05, 0) is 82.3 Å². The number of hydrogen-bond donors (Lipinski definition) is 1. The van der Waals surface area contributed by atoms with Crippen LogP contribution >= 0.6 is 0 Å². The van der Waals surface area contributed by atoms with Crippen molar-refractivity contribution in [1.82, 2.24) is 10.2 Å². The standard InChI is InChI=1S/C19H30N2O/c1-2-6-19(7-3-1)22-15-10-18(16-21-13-4-5-14-21)17-8-11-20-12-9-17/h1-3,6-7,17-18,20H,4-5,8-16H2. The number of hydrogen-bond acceptors (Lipinski definition) is 3. The minimum absolute atomic E-state index is 0.795. The van der Waals surface area contributed by atoms with Gasteiger partial charge in [0.1, 0.15) is 5.75 Å². The third-order valence-electron chi connectivity index (χ3n) is 5.24. The van der Waals surface area contributed by atoms with Crippen LogP contribution < -0.4 is 10.1 Å². The second-order valence-corrected chi connectivity index (χ2v) is 6.81. The molecule has 0 spiro atoms. The quantitative estimate of drug-likeness (QED) is 0.837. The van der Waals surface area contributed by atoms with Gasteiger partial charge in [0.25, 0.3) is 0 Å². The summed E-state index contributed by atoms with van der Waals surface area (Å²) in [7, 11) is 0. The van der Waals surface area contributed by atoms with Crippen molar-refractivity contribution >= 4 is 0 Å². The SMILES string of the molecule is c1ccc(OCCC(CN2CCCC2)C2CCNCC2)cc1. The smallest absolute Gasteiger partial charge is 0.119 e. The van der Waals surface area contributed by atoms with Crippen LogP contribution in [0.2, 0.25) is 0 Å². The molecule has 2 aliphatic rings. The van der Waals surface area contributed by atoms with Crippen molar-refractivity contribution in [3.8, 4) is 5.75 Å². The third kappa shape index (κ3) is 4.72. The van der Waals surface area contributed by atoms with Crippen LogP contribution in [-0.4, -0.2) is 44.2 Å². The molecule has 2 aliphatic heterocycles. The molecule has 2 saturated heterocycles. The van der Waals surface area contributed by atoms with Crippen LogP contribution in [0.3, 0.4) is 0 Å². The highest BCUT2D eigenvalue weighted by atomic mass is 16.5. The van der Waals surface area contributed by atoms with Gasteiger partial charge in [-0.2, -0.15) is 0 Å². The van der Waals surface area contributed by atoms with E-state index in [-0.39, 0.29) is 0 Å². The fourth-order valence-electron chi connectivity index (χ4n) is 3.93. The molecule has 0 saturated carbocycles. The fraction of sp³-hybridized carbons (Fsp3) is 0.684. The lowest BCUT2D eigenvalue weighted by Crippen LogP contribution is -2.37. The van der Waals surface area contributed by atoms with E-state index in [1.165, 1.54) is 64.8 Å². The molecule has 2 heterocycles. The Bertz CT molecular complexity index is 411. The van der Waals surface area contributed by atoms with Crippen LogP contribution in [0.5, 0.6) is 5.75 Å². The Morgan fingerprint density at radius 1 is 1.09 bits per heavy atom. The molecule has 3 nitrogen and oxygen atoms in total. The van der Waals surface area contributed by atoms with Crippen LogP contribution in [-0.2, 0) is 0 Å². The molecule has 1 N–H and O–H groups in total. The van der Waals surface area contributed by atoms with Crippen molar-refractivity contribution in [3.05, 3.63) is 30.3 Å². The maximum atomic E-state index is 5.96. The second-order valence-electron chi connectivity index (χ2n) is 6.81. The van der Waals surface area contributed by atoms with Crippen molar-refractivity contribution in [2.45, 2.75) is 32.1 Å². The first kappa shape index (κ1) is 15.8. The molecule has 3 heteroatoms. The molecule has 122 valence electrons.